The van der Waals surface area contributed by atoms with Crippen LogP contribution in [0.25, 0.3) is 0 Å². The van der Waals surface area contributed by atoms with E-state index in [0.29, 0.717) is 6.61 Å². The van der Waals surface area contributed by atoms with E-state index in [4.69, 9.17) is 9.47 Å². The van der Waals surface area contributed by atoms with Gasteiger partial charge in [0.1, 0.15) is 6.10 Å². The lowest BCUT2D eigenvalue weighted by Gasteiger charge is -2.20. The summed E-state index contributed by atoms with van der Waals surface area (Å²) in [5, 5.41) is 0. The van der Waals surface area contributed by atoms with Crippen molar-refractivity contribution in [3.05, 3.63) is 23.3 Å². The number of esters is 1. The molecule has 19 heavy (non-hydrogen) atoms. The lowest BCUT2D eigenvalue weighted by molar-refractivity contribution is -0.144. The molecular weight excluding hydrogens is 240 g/mol. The highest BCUT2D eigenvalue weighted by molar-refractivity contribution is 5.75. The lowest BCUT2D eigenvalue weighted by Crippen LogP contribution is -2.24. The summed E-state index contributed by atoms with van der Waals surface area (Å²) in [7, 11) is 1.65. The number of hydrogen-bond acceptors (Lipinski definition) is 3. The fourth-order valence-corrected chi connectivity index (χ4v) is 3.01. The Morgan fingerprint density at radius 1 is 1.32 bits per heavy atom. The topological polar surface area (TPSA) is 35.5 Å². The second-order valence-corrected chi connectivity index (χ2v) is 5.77. The number of carbonyl (C=O) groups is 1. The van der Waals surface area contributed by atoms with Crippen LogP contribution in [-0.4, -0.2) is 25.8 Å². The van der Waals surface area contributed by atoms with Gasteiger partial charge in [0.25, 0.3) is 0 Å². The van der Waals surface area contributed by atoms with E-state index in [1.165, 1.54) is 11.1 Å². The van der Waals surface area contributed by atoms with Gasteiger partial charge >= 0.3 is 5.97 Å². The number of methoxy groups -OCH3 is 1. The Hall–Kier alpha value is -1.09. The summed E-state index contributed by atoms with van der Waals surface area (Å²) in [6.45, 7) is 4.77. The summed E-state index contributed by atoms with van der Waals surface area (Å²) in [4.78, 5) is 12.0. The molecule has 1 heterocycles. The van der Waals surface area contributed by atoms with Gasteiger partial charge in [-0.05, 0) is 45.6 Å². The smallest absolute Gasteiger partial charge is 0.312 e. The molecule has 0 aromatic carbocycles. The molecule has 0 saturated carbocycles. The van der Waals surface area contributed by atoms with Gasteiger partial charge in [0.05, 0.1) is 12.5 Å². The molecule has 0 amide bonds. The van der Waals surface area contributed by atoms with Gasteiger partial charge in [0.15, 0.2) is 0 Å². The highest BCUT2D eigenvalue weighted by Crippen LogP contribution is 2.35. The third-order valence-corrected chi connectivity index (χ3v) is 4.19. The standard InChI is InChI=1S/C16H24O3/c1-11-5-4-6-12(2)9-15-13(8-7-11)14(10-18-3)16(17)19-15/h5,9,13-15H,4,6-8,10H2,1-3H3/b11-5+,12-9+/t13-,14-,15+/m0/s1. The fraction of sp³-hybridized carbons (Fsp3) is 0.688. The zero-order valence-corrected chi connectivity index (χ0v) is 12.1. The molecule has 0 aromatic heterocycles. The molecule has 106 valence electrons. The summed E-state index contributed by atoms with van der Waals surface area (Å²) < 4.78 is 10.7. The zero-order chi connectivity index (χ0) is 13.8. The van der Waals surface area contributed by atoms with Crippen molar-refractivity contribution in [2.45, 2.75) is 45.6 Å². The van der Waals surface area contributed by atoms with E-state index in [1.807, 2.05) is 0 Å². The minimum absolute atomic E-state index is 0.0569. The molecule has 1 saturated heterocycles. The minimum atomic E-state index is -0.105. The first-order valence-electron chi connectivity index (χ1n) is 7.14. The third-order valence-electron chi connectivity index (χ3n) is 4.19. The molecule has 0 spiro atoms. The molecule has 1 aliphatic carbocycles. The quantitative estimate of drug-likeness (QED) is 0.567. The van der Waals surface area contributed by atoms with E-state index in [-0.39, 0.29) is 23.9 Å². The van der Waals surface area contributed by atoms with Crippen LogP contribution in [0.15, 0.2) is 23.3 Å². The summed E-state index contributed by atoms with van der Waals surface area (Å²) in [5.41, 5.74) is 2.73. The van der Waals surface area contributed by atoms with E-state index in [1.54, 1.807) is 7.11 Å². The number of carbonyl (C=O) groups excluding carboxylic acids is 1. The van der Waals surface area contributed by atoms with Crippen molar-refractivity contribution in [3.8, 4) is 0 Å². The van der Waals surface area contributed by atoms with Crippen molar-refractivity contribution < 1.29 is 14.3 Å². The monoisotopic (exact) mass is 264 g/mol. The largest absolute Gasteiger partial charge is 0.458 e. The van der Waals surface area contributed by atoms with Gasteiger partial charge in [-0.25, -0.2) is 0 Å². The summed E-state index contributed by atoms with van der Waals surface area (Å²) >= 11 is 0. The van der Waals surface area contributed by atoms with Crippen LogP contribution in [0.5, 0.6) is 0 Å². The molecule has 3 heteroatoms. The molecule has 0 N–H and O–H groups in total. The number of rotatable bonds is 2. The molecule has 1 aliphatic heterocycles. The van der Waals surface area contributed by atoms with Crippen LogP contribution in [0.4, 0.5) is 0 Å². The Labute approximate surface area is 115 Å². The fourth-order valence-electron chi connectivity index (χ4n) is 3.01. The maximum atomic E-state index is 12.0. The average Bonchev–Trinajstić information content (AvgIpc) is 2.63. The number of hydrogen-bond donors (Lipinski definition) is 0. The predicted octanol–water partition coefficient (Wildman–Crippen LogP) is 3.26. The van der Waals surface area contributed by atoms with Gasteiger partial charge in [0.2, 0.25) is 0 Å². The molecule has 0 unspecified atom stereocenters. The Kier molecular flexibility index (Phi) is 4.81. The van der Waals surface area contributed by atoms with E-state index in [9.17, 15) is 4.79 Å². The Morgan fingerprint density at radius 3 is 2.84 bits per heavy atom. The molecule has 2 aliphatic rings. The van der Waals surface area contributed by atoms with E-state index in [2.05, 4.69) is 26.0 Å². The maximum Gasteiger partial charge on any atom is 0.312 e. The Bertz CT molecular complexity index is 395. The van der Waals surface area contributed by atoms with Crippen molar-refractivity contribution in [1.82, 2.24) is 0 Å². The molecule has 0 bridgehead atoms. The Morgan fingerprint density at radius 2 is 2.11 bits per heavy atom. The van der Waals surface area contributed by atoms with Crippen LogP contribution in [0.1, 0.15) is 39.5 Å². The van der Waals surface area contributed by atoms with Gasteiger partial charge in [-0.1, -0.05) is 17.2 Å². The maximum absolute atomic E-state index is 12.0. The highest BCUT2D eigenvalue weighted by Gasteiger charge is 2.43. The first kappa shape index (κ1) is 14.3. The highest BCUT2D eigenvalue weighted by atomic mass is 16.6. The van der Waals surface area contributed by atoms with E-state index >= 15 is 0 Å². The second-order valence-electron chi connectivity index (χ2n) is 5.77. The van der Waals surface area contributed by atoms with Gasteiger partial charge < -0.3 is 9.47 Å². The molecule has 2 rings (SSSR count). The van der Waals surface area contributed by atoms with Crippen LogP contribution < -0.4 is 0 Å². The molecule has 3 atom stereocenters. The molecule has 0 aromatic rings. The summed E-state index contributed by atoms with van der Waals surface area (Å²) in [6.07, 6.45) is 8.58. The normalized spacial score (nSPS) is 37.6. The zero-order valence-electron chi connectivity index (χ0n) is 12.1. The van der Waals surface area contributed by atoms with Crippen LogP contribution in [0.3, 0.4) is 0 Å². The van der Waals surface area contributed by atoms with Crippen molar-refractivity contribution in [2.75, 3.05) is 13.7 Å². The number of allylic oxidation sites excluding steroid dienone is 3. The van der Waals surface area contributed by atoms with Gasteiger partial charge in [0, 0.05) is 13.0 Å². The van der Waals surface area contributed by atoms with Gasteiger partial charge in [-0.3, -0.25) is 4.79 Å². The van der Waals surface area contributed by atoms with Crippen molar-refractivity contribution in [2.24, 2.45) is 11.8 Å². The third kappa shape index (κ3) is 3.47. The molecule has 0 radical (unpaired) electrons. The van der Waals surface area contributed by atoms with Crippen molar-refractivity contribution >= 4 is 5.97 Å². The van der Waals surface area contributed by atoms with Crippen LogP contribution in [0.2, 0.25) is 0 Å². The van der Waals surface area contributed by atoms with Crippen LogP contribution in [-0.2, 0) is 14.3 Å². The molecule has 3 nitrogen and oxygen atoms in total. The SMILES string of the molecule is COC[C@@H]1C(=O)O[C@@H]2/C=C(\C)CC/C=C(\C)CC[C@@H]12. The number of fused-ring (bicyclic) bond motifs is 1. The lowest BCUT2D eigenvalue weighted by atomic mass is 9.84. The Balaban J connectivity index is 2.20. The first-order chi connectivity index (χ1) is 9.11. The number of ether oxygens (including phenoxy) is 2. The minimum Gasteiger partial charge on any atom is -0.458 e. The average molecular weight is 264 g/mol. The summed E-state index contributed by atoms with van der Waals surface area (Å²) in [5.74, 6) is 0.0527. The molecule has 1 fully saturated rings. The second kappa shape index (κ2) is 6.38. The van der Waals surface area contributed by atoms with Crippen LogP contribution in [0, 0.1) is 11.8 Å². The van der Waals surface area contributed by atoms with Crippen molar-refractivity contribution in [3.63, 3.8) is 0 Å². The first-order valence-corrected chi connectivity index (χ1v) is 7.14. The van der Waals surface area contributed by atoms with Gasteiger partial charge in [-0.2, -0.15) is 0 Å². The van der Waals surface area contributed by atoms with Gasteiger partial charge in [-0.15, -0.1) is 0 Å². The van der Waals surface area contributed by atoms with E-state index in [0.717, 1.165) is 25.7 Å². The van der Waals surface area contributed by atoms with E-state index < -0.39 is 0 Å². The molecular formula is C16H24O3. The van der Waals surface area contributed by atoms with Crippen LogP contribution >= 0.6 is 0 Å². The summed E-state index contributed by atoms with van der Waals surface area (Å²) in [6, 6.07) is 0. The predicted molar refractivity (Wildman–Crippen MR) is 74.7 cm³/mol. The van der Waals surface area contributed by atoms with Crippen molar-refractivity contribution in [1.29, 1.82) is 0 Å².